The topological polar surface area (TPSA) is 180 Å². The Morgan fingerprint density at radius 3 is 2.38 bits per heavy atom. The SMILES string of the molecule is N[C@H]1[C@H]([C@H](O)[C@H](O)CO)O[C@](OC(=O)C2CCCCC2)(C(=O)O)C[C@@H]1O. The molecule has 2 rings (SSSR count). The molecule has 0 aromatic heterocycles. The number of carboxylic acid groups (broad SMARTS) is 1. The second-order valence-corrected chi connectivity index (χ2v) is 6.99. The van der Waals surface area contributed by atoms with Crippen LogP contribution in [0.1, 0.15) is 38.5 Å². The van der Waals surface area contributed by atoms with E-state index in [-0.39, 0.29) is 0 Å². The fraction of sp³-hybridized carbons (Fsp3) is 0.875. The van der Waals surface area contributed by atoms with E-state index in [1.165, 1.54) is 0 Å². The van der Waals surface area contributed by atoms with E-state index in [4.69, 9.17) is 20.3 Å². The largest absolute Gasteiger partial charge is 0.476 e. The summed E-state index contributed by atoms with van der Waals surface area (Å²) in [5, 5.41) is 48.4. The molecule has 1 aliphatic heterocycles. The number of ether oxygens (including phenoxy) is 2. The maximum Gasteiger partial charge on any atom is 0.377 e. The van der Waals surface area contributed by atoms with Gasteiger partial charge in [0.15, 0.2) is 0 Å². The first-order valence-electron chi connectivity index (χ1n) is 8.76. The van der Waals surface area contributed by atoms with E-state index in [0.717, 1.165) is 19.3 Å². The zero-order chi connectivity index (χ0) is 19.5. The van der Waals surface area contributed by atoms with Crippen LogP contribution in [0.25, 0.3) is 0 Å². The molecule has 0 radical (unpaired) electrons. The highest BCUT2D eigenvalue weighted by molar-refractivity contribution is 5.81. The van der Waals surface area contributed by atoms with Gasteiger partial charge in [0.05, 0.1) is 31.1 Å². The number of esters is 1. The molecule has 1 heterocycles. The van der Waals surface area contributed by atoms with Crippen LogP contribution >= 0.6 is 0 Å². The van der Waals surface area contributed by atoms with Crippen molar-refractivity contribution in [2.45, 2.75) is 74.8 Å². The molecule has 0 aromatic rings. The van der Waals surface area contributed by atoms with Crippen molar-refractivity contribution in [3.05, 3.63) is 0 Å². The first-order chi connectivity index (χ1) is 12.2. The molecule has 0 unspecified atom stereocenters. The second kappa shape index (κ2) is 8.59. The molecule has 0 aromatic carbocycles. The van der Waals surface area contributed by atoms with Crippen molar-refractivity contribution >= 4 is 11.9 Å². The van der Waals surface area contributed by atoms with Crippen LogP contribution < -0.4 is 5.73 Å². The zero-order valence-corrected chi connectivity index (χ0v) is 14.4. The summed E-state index contributed by atoms with van der Waals surface area (Å²) in [7, 11) is 0. The lowest BCUT2D eigenvalue weighted by atomic mass is 9.88. The molecule has 7 N–H and O–H groups in total. The molecular weight excluding hydrogens is 350 g/mol. The quantitative estimate of drug-likeness (QED) is 0.286. The zero-order valence-electron chi connectivity index (χ0n) is 14.4. The summed E-state index contributed by atoms with van der Waals surface area (Å²) >= 11 is 0. The van der Waals surface area contributed by atoms with Crippen LogP contribution in [0, 0.1) is 5.92 Å². The minimum atomic E-state index is -2.52. The van der Waals surface area contributed by atoms with Crippen molar-refractivity contribution in [3.63, 3.8) is 0 Å². The molecular formula is C16H27NO9. The molecule has 1 saturated heterocycles. The Morgan fingerprint density at radius 2 is 1.85 bits per heavy atom. The molecule has 0 bridgehead atoms. The number of hydrogen-bond donors (Lipinski definition) is 6. The molecule has 1 aliphatic carbocycles. The van der Waals surface area contributed by atoms with Gasteiger partial charge in [-0.1, -0.05) is 19.3 Å². The Hall–Kier alpha value is -1.30. The minimum absolute atomic E-state index is 0.456. The molecule has 0 spiro atoms. The monoisotopic (exact) mass is 377 g/mol. The van der Waals surface area contributed by atoms with Gasteiger partial charge in [-0.15, -0.1) is 0 Å². The summed E-state index contributed by atoms with van der Waals surface area (Å²) in [6.45, 7) is -0.828. The highest BCUT2D eigenvalue weighted by Crippen LogP contribution is 2.35. The van der Waals surface area contributed by atoms with Gasteiger partial charge in [-0.3, -0.25) is 4.79 Å². The highest BCUT2D eigenvalue weighted by Gasteiger charge is 2.56. The lowest BCUT2D eigenvalue weighted by Gasteiger charge is -2.45. The van der Waals surface area contributed by atoms with Crippen LogP contribution in [-0.2, 0) is 19.1 Å². The molecule has 0 amide bonds. The van der Waals surface area contributed by atoms with Crippen molar-refractivity contribution in [3.8, 4) is 0 Å². The van der Waals surface area contributed by atoms with E-state index in [1.807, 2.05) is 0 Å². The molecule has 1 saturated carbocycles. The number of carbonyl (C=O) groups excluding carboxylic acids is 1. The van der Waals surface area contributed by atoms with Crippen molar-refractivity contribution in [1.82, 2.24) is 0 Å². The number of hydrogen-bond acceptors (Lipinski definition) is 9. The molecule has 10 nitrogen and oxygen atoms in total. The van der Waals surface area contributed by atoms with Crippen molar-refractivity contribution in [1.29, 1.82) is 0 Å². The lowest BCUT2D eigenvalue weighted by Crippen LogP contribution is -2.66. The highest BCUT2D eigenvalue weighted by atomic mass is 16.7. The smallest absolute Gasteiger partial charge is 0.377 e. The summed E-state index contributed by atoms with van der Waals surface area (Å²) in [4.78, 5) is 24.2. The third-order valence-electron chi connectivity index (χ3n) is 5.08. The number of aliphatic carboxylic acids is 1. The molecule has 26 heavy (non-hydrogen) atoms. The predicted molar refractivity (Wildman–Crippen MR) is 85.6 cm³/mol. The van der Waals surface area contributed by atoms with E-state index < -0.39 is 67.1 Å². The van der Waals surface area contributed by atoms with E-state index in [0.29, 0.717) is 12.8 Å². The van der Waals surface area contributed by atoms with Crippen molar-refractivity contribution < 1.29 is 44.6 Å². The van der Waals surface area contributed by atoms with Crippen LogP contribution in [-0.4, -0.2) is 80.3 Å². The van der Waals surface area contributed by atoms with Gasteiger partial charge in [0.25, 0.3) is 0 Å². The van der Waals surface area contributed by atoms with E-state index in [9.17, 15) is 30.0 Å². The van der Waals surface area contributed by atoms with Gasteiger partial charge in [0.1, 0.15) is 18.3 Å². The molecule has 150 valence electrons. The van der Waals surface area contributed by atoms with Gasteiger partial charge in [0, 0.05) is 0 Å². The summed E-state index contributed by atoms with van der Waals surface area (Å²) in [5.74, 6) is -5.37. The van der Waals surface area contributed by atoms with Gasteiger partial charge >= 0.3 is 17.7 Å². The van der Waals surface area contributed by atoms with Crippen LogP contribution in [0.2, 0.25) is 0 Å². The second-order valence-electron chi connectivity index (χ2n) is 6.99. The average molecular weight is 377 g/mol. The molecule has 2 fully saturated rings. The Labute approximate surface area is 150 Å². The van der Waals surface area contributed by atoms with Gasteiger partial charge in [-0.2, -0.15) is 0 Å². The fourth-order valence-corrected chi connectivity index (χ4v) is 3.43. The predicted octanol–water partition coefficient (Wildman–Crippen LogP) is -1.92. The standard InChI is InChI=1S/C16H27NO9/c17-11-9(19)6-16(15(23)24,25-13(11)12(21)10(20)7-18)26-14(22)8-4-2-1-3-5-8/h8-13,18-21H,1-7,17H2,(H,23,24)/t9-,10+,11+,12+,13+,16+/m0/s1. The number of rotatable bonds is 6. The number of aliphatic hydroxyl groups is 4. The average Bonchev–Trinajstić information content (AvgIpc) is 2.63. The molecule has 6 atom stereocenters. The van der Waals surface area contributed by atoms with Crippen LogP contribution in [0.4, 0.5) is 0 Å². The van der Waals surface area contributed by atoms with Crippen LogP contribution in [0.3, 0.4) is 0 Å². The fourth-order valence-electron chi connectivity index (χ4n) is 3.43. The first kappa shape index (κ1) is 21.0. The summed E-state index contributed by atoms with van der Waals surface area (Å²) < 4.78 is 10.5. The summed E-state index contributed by atoms with van der Waals surface area (Å²) in [5.41, 5.74) is 5.75. The third kappa shape index (κ3) is 4.33. The Bertz CT molecular complexity index is 510. The van der Waals surface area contributed by atoms with Gasteiger partial charge in [-0.05, 0) is 12.8 Å². The van der Waals surface area contributed by atoms with Gasteiger partial charge in [-0.25, -0.2) is 4.79 Å². The van der Waals surface area contributed by atoms with Gasteiger partial charge < -0.3 is 40.7 Å². The normalized spacial score (nSPS) is 35.5. The van der Waals surface area contributed by atoms with E-state index in [2.05, 4.69) is 0 Å². The van der Waals surface area contributed by atoms with E-state index in [1.54, 1.807) is 0 Å². The number of nitrogens with two attached hydrogens (primary N) is 1. The maximum atomic E-state index is 12.4. The van der Waals surface area contributed by atoms with Crippen LogP contribution in [0.5, 0.6) is 0 Å². The van der Waals surface area contributed by atoms with Crippen LogP contribution in [0.15, 0.2) is 0 Å². The molecule has 10 heteroatoms. The third-order valence-corrected chi connectivity index (χ3v) is 5.08. The first-order valence-corrected chi connectivity index (χ1v) is 8.76. The van der Waals surface area contributed by atoms with Crippen molar-refractivity contribution in [2.24, 2.45) is 11.7 Å². The van der Waals surface area contributed by atoms with Gasteiger partial charge in [0.2, 0.25) is 0 Å². The minimum Gasteiger partial charge on any atom is -0.476 e. The Balaban J connectivity index is 2.22. The summed E-state index contributed by atoms with van der Waals surface area (Å²) in [6.07, 6.45) is -3.28. The lowest BCUT2D eigenvalue weighted by molar-refractivity contribution is -0.300. The Kier molecular flexibility index (Phi) is 6.94. The number of aliphatic hydroxyl groups excluding tert-OH is 4. The number of carboxylic acids is 1. The summed E-state index contributed by atoms with van der Waals surface area (Å²) in [6, 6.07) is -1.24. The number of carbonyl (C=O) groups is 2. The maximum absolute atomic E-state index is 12.4. The molecule has 2 aliphatic rings. The van der Waals surface area contributed by atoms with Crippen molar-refractivity contribution in [2.75, 3.05) is 6.61 Å². The van der Waals surface area contributed by atoms with E-state index >= 15 is 0 Å². The Morgan fingerprint density at radius 1 is 1.23 bits per heavy atom.